The maximum Gasteiger partial charge on any atom is 0.272 e. The number of carbonyl (C=O) groups is 1. The van der Waals surface area contributed by atoms with Crippen LogP contribution in [0, 0.1) is 16.0 Å². The zero-order valence-corrected chi connectivity index (χ0v) is 15.4. The molecule has 3 rings (SSSR count). The van der Waals surface area contributed by atoms with Crippen molar-refractivity contribution in [3.8, 4) is 11.5 Å². The lowest BCUT2D eigenvalue weighted by Gasteiger charge is -2.10. The molecule has 0 spiro atoms. The highest BCUT2D eigenvalue weighted by Crippen LogP contribution is 2.40. The summed E-state index contributed by atoms with van der Waals surface area (Å²) < 4.78 is 5.74. The van der Waals surface area contributed by atoms with Gasteiger partial charge in [-0.2, -0.15) is 0 Å². The van der Waals surface area contributed by atoms with Crippen molar-refractivity contribution in [3.05, 3.63) is 62.3 Å². The molecule has 0 saturated carbocycles. The van der Waals surface area contributed by atoms with E-state index in [-0.39, 0.29) is 33.2 Å². The van der Waals surface area contributed by atoms with Crippen LogP contribution >= 0.6 is 23.2 Å². The van der Waals surface area contributed by atoms with Crippen LogP contribution in [0.3, 0.4) is 0 Å². The van der Waals surface area contributed by atoms with Gasteiger partial charge in [-0.05, 0) is 18.2 Å². The van der Waals surface area contributed by atoms with E-state index in [4.69, 9.17) is 27.9 Å². The normalized spacial score (nSPS) is 11.1. The van der Waals surface area contributed by atoms with Crippen molar-refractivity contribution in [1.82, 2.24) is 4.98 Å². The van der Waals surface area contributed by atoms with E-state index < -0.39 is 4.92 Å². The first-order chi connectivity index (χ1) is 12.3. The monoisotopic (exact) mass is 392 g/mol. The summed E-state index contributed by atoms with van der Waals surface area (Å²) in [7, 11) is 0. The number of benzene rings is 2. The number of non-ortho nitro benzene ring substituents is 1. The van der Waals surface area contributed by atoms with Crippen LogP contribution in [0.4, 0.5) is 5.69 Å². The number of hydrogen-bond donors (Lipinski definition) is 1. The maximum atomic E-state index is 12.3. The van der Waals surface area contributed by atoms with Crippen LogP contribution in [0.15, 0.2) is 36.5 Å². The number of fused-ring (bicyclic) bond motifs is 1. The standard InChI is InChI=1S/C18H14Cl2N2O4/c1-9(2)17(23)13-8-21-16-4-3-11(7-12(13)16)26-18-14(19)5-10(22(24)25)6-15(18)20/h3-9,21H,1-2H3. The number of hydrogen-bond acceptors (Lipinski definition) is 4. The molecule has 0 unspecified atom stereocenters. The Balaban J connectivity index is 2.01. The van der Waals surface area contributed by atoms with Gasteiger partial charge in [-0.25, -0.2) is 0 Å². The van der Waals surface area contributed by atoms with Crippen molar-refractivity contribution in [2.24, 2.45) is 5.92 Å². The Morgan fingerprint density at radius 1 is 1.19 bits per heavy atom. The van der Waals surface area contributed by atoms with E-state index in [1.54, 1.807) is 24.4 Å². The van der Waals surface area contributed by atoms with Gasteiger partial charge in [-0.15, -0.1) is 0 Å². The molecule has 134 valence electrons. The number of nitrogens with one attached hydrogen (secondary N) is 1. The van der Waals surface area contributed by atoms with Crippen molar-refractivity contribution in [2.75, 3.05) is 0 Å². The first-order valence-electron chi connectivity index (χ1n) is 7.74. The summed E-state index contributed by atoms with van der Waals surface area (Å²) in [6, 6.07) is 7.51. The van der Waals surface area contributed by atoms with Gasteiger partial charge in [0, 0.05) is 40.7 Å². The van der Waals surface area contributed by atoms with Gasteiger partial charge in [0.1, 0.15) is 5.75 Å². The number of halogens is 2. The molecule has 0 fully saturated rings. The average Bonchev–Trinajstić information content (AvgIpc) is 3.00. The first-order valence-corrected chi connectivity index (χ1v) is 8.50. The van der Waals surface area contributed by atoms with E-state index in [1.165, 1.54) is 12.1 Å². The fraction of sp³-hybridized carbons (Fsp3) is 0.167. The predicted molar refractivity (Wildman–Crippen MR) is 101 cm³/mol. The van der Waals surface area contributed by atoms with Crippen LogP contribution in [0.2, 0.25) is 10.0 Å². The molecule has 0 atom stereocenters. The minimum atomic E-state index is -0.586. The first kappa shape index (κ1) is 18.2. The van der Waals surface area contributed by atoms with Crippen molar-refractivity contribution in [3.63, 3.8) is 0 Å². The summed E-state index contributed by atoms with van der Waals surface area (Å²) in [4.78, 5) is 25.7. The molecule has 26 heavy (non-hydrogen) atoms. The van der Waals surface area contributed by atoms with Gasteiger partial charge < -0.3 is 9.72 Å². The van der Waals surface area contributed by atoms with Gasteiger partial charge >= 0.3 is 0 Å². The lowest BCUT2D eigenvalue weighted by atomic mass is 10.0. The highest BCUT2D eigenvalue weighted by atomic mass is 35.5. The number of ketones is 1. The Labute approximate surface area is 158 Å². The number of H-pyrrole nitrogens is 1. The summed E-state index contributed by atoms with van der Waals surface area (Å²) in [5.74, 6) is 0.398. The van der Waals surface area contributed by atoms with Crippen LogP contribution < -0.4 is 4.74 Å². The van der Waals surface area contributed by atoms with Gasteiger partial charge in [-0.3, -0.25) is 14.9 Å². The molecular weight excluding hydrogens is 379 g/mol. The maximum absolute atomic E-state index is 12.3. The van der Waals surface area contributed by atoms with E-state index in [0.29, 0.717) is 11.3 Å². The number of nitrogens with zero attached hydrogens (tertiary/aromatic N) is 1. The second kappa shape index (κ2) is 6.97. The highest BCUT2D eigenvalue weighted by Gasteiger charge is 2.18. The zero-order chi connectivity index (χ0) is 19.0. The molecule has 2 aromatic carbocycles. The molecule has 0 radical (unpaired) electrons. The Morgan fingerprint density at radius 2 is 1.85 bits per heavy atom. The third-order valence-electron chi connectivity index (χ3n) is 3.86. The molecule has 0 bridgehead atoms. The fourth-order valence-corrected chi connectivity index (χ4v) is 3.10. The largest absolute Gasteiger partial charge is 0.454 e. The molecule has 0 aliphatic heterocycles. The van der Waals surface area contributed by atoms with E-state index in [9.17, 15) is 14.9 Å². The summed E-state index contributed by atoms with van der Waals surface area (Å²) in [5, 5.41) is 11.6. The van der Waals surface area contributed by atoms with Crippen molar-refractivity contribution < 1.29 is 14.5 Å². The molecule has 8 heteroatoms. The molecule has 3 aromatic rings. The summed E-state index contributed by atoms with van der Waals surface area (Å²) in [6.07, 6.45) is 1.67. The number of nitro benzene ring substituents is 1. The summed E-state index contributed by atoms with van der Waals surface area (Å²) in [6.45, 7) is 3.66. The smallest absolute Gasteiger partial charge is 0.272 e. The Kier molecular flexibility index (Phi) is 4.89. The molecule has 6 nitrogen and oxygen atoms in total. The molecule has 1 heterocycles. The molecule has 1 N–H and O–H groups in total. The van der Waals surface area contributed by atoms with Crippen LogP contribution in [0.25, 0.3) is 10.9 Å². The third kappa shape index (κ3) is 3.38. The van der Waals surface area contributed by atoms with Crippen LogP contribution in [0.1, 0.15) is 24.2 Å². The van der Waals surface area contributed by atoms with Gasteiger partial charge in [0.2, 0.25) is 0 Å². The number of ether oxygens (including phenoxy) is 1. The minimum absolute atomic E-state index is 0.0137. The topological polar surface area (TPSA) is 85.2 Å². The fourth-order valence-electron chi connectivity index (χ4n) is 2.55. The van der Waals surface area contributed by atoms with Crippen LogP contribution in [-0.4, -0.2) is 15.7 Å². The third-order valence-corrected chi connectivity index (χ3v) is 4.42. The predicted octanol–water partition coefficient (Wildman–Crippen LogP) is 6.01. The minimum Gasteiger partial charge on any atom is -0.454 e. The van der Waals surface area contributed by atoms with Gasteiger partial charge in [-0.1, -0.05) is 37.0 Å². The van der Waals surface area contributed by atoms with Crippen LogP contribution in [-0.2, 0) is 0 Å². The van der Waals surface area contributed by atoms with Crippen molar-refractivity contribution in [1.29, 1.82) is 0 Å². The number of aromatic nitrogens is 1. The molecule has 0 saturated heterocycles. The van der Waals surface area contributed by atoms with Gasteiger partial charge in [0.15, 0.2) is 11.5 Å². The summed E-state index contributed by atoms with van der Waals surface area (Å²) >= 11 is 12.1. The van der Waals surface area contributed by atoms with Crippen molar-refractivity contribution >= 4 is 45.6 Å². The molecule has 0 aliphatic rings. The molecule has 0 aliphatic carbocycles. The Morgan fingerprint density at radius 3 is 2.42 bits per heavy atom. The van der Waals surface area contributed by atoms with E-state index in [0.717, 1.165) is 10.9 Å². The van der Waals surface area contributed by atoms with Crippen LogP contribution in [0.5, 0.6) is 11.5 Å². The zero-order valence-electron chi connectivity index (χ0n) is 13.9. The second-order valence-corrected chi connectivity index (χ2v) is 6.84. The number of carbonyl (C=O) groups excluding carboxylic acids is 1. The summed E-state index contributed by atoms with van der Waals surface area (Å²) in [5.41, 5.74) is 1.14. The van der Waals surface area contributed by atoms with Crippen molar-refractivity contribution in [2.45, 2.75) is 13.8 Å². The molecule has 1 aromatic heterocycles. The number of rotatable bonds is 5. The number of Topliss-reactive ketones (excluding diaryl/α,β-unsaturated/α-hetero) is 1. The van der Waals surface area contributed by atoms with Gasteiger partial charge in [0.25, 0.3) is 5.69 Å². The van der Waals surface area contributed by atoms with E-state index >= 15 is 0 Å². The van der Waals surface area contributed by atoms with E-state index in [2.05, 4.69) is 4.98 Å². The molecular formula is C18H14Cl2N2O4. The number of nitro groups is 1. The Bertz CT molecular complexity index is 1000. The van der Waals surface area contributed by atoms with E-state index in [1.807, 2.05) is 13.8 Å². The Hall–Kier alpha value is -2.57. The highest BCUT2D eigenvalue weighted by molar-refractivity contribution is 6.37. The second-order valence-electron chi connectivity index (χ2n) is 6.03. The average molecular weight is 393 g/mol. The van der Waals surface area contributed by atoms with Gasteiger partial charge in [0.05, 0.1) is 15.0 Å². The SMILES string of the molecule is CC(C)C(=O)c1c[nH]c2ccc(Oc3c(Cl)cc([N+](=O)[O-])cc3Cl)cc12. The number of aromatic amines is 1. The lowest BCUT2D eigenvalue weighted by Crippen LogP contribution is -2.06. The lowest BCUT2D eigenvalue weighted by molar-refractivity contribution is -0.384. The quantitative estimate of drug-likeness (QED) is 0.327. The molecule has 0 amide bonds.